The number of likely N-dealkylation sites (N-methyl/N-ethyl adjacent to an activating group) is 1. The molecule has 1 heterocycles. The van der Waals surface area contributed by atoms with Crippen LogP contribution < -0.4 is 15.4 Å². The Morgan fingerprint density at radius 1 is 1.03 bits per heavy atom. The molecule has 2 aromatic carbocycles. The lowest BCUT2D eigenvalue weighted by Crippen LogP contribution is -2.46. The van der Waals surface area contributed by atoms with Crippen LogP contribution in [0.4, 0.5) is 15.3 Å². The Morgan fingerprint density at radius 2 is 1.78 bits per heavy atom. The van der Waals surface area contributed by atoms with E-state index in [0.29, 0.717) is 18.0 Å². The van der Waals surface area contributed by atoms with Gasteiger partial charge in [-0.15, -0.1) is 0 Å². The summed E-state index contributed by atoms with van der Waals surface area (Å²) in [7, 11) is 1.35. The van der Waals surface area contributed by atoms with E-state index in [1.165, 1.54) is 7.05 Å². The lowest BCUT2D eigenvalue weighted by atomic mass is 10.0. The van der Waals surface area contributed by atoms with Gasteiger partial charge in [-0.1, -0.05) is 30.3 Å². The van der Waals surface area contributed by atoms with Crippen molar-refractivity contribution < 1.29 is 29.0 Å². The third-order valence-electron chi connectivity index (χ3n) is 5.16. The molecule has 0 aliphatic carbocycles. The highest BCUT2D eigenvalue weighted by Gasteiger charge is 2.28. The summed E-state index contributed by atoms with van der Waals surface area (Å²) in [5.41, 5.74) is 2.97. The van der Waals surface area contributed by atoms with Gasteiger partial charge in [0.1, 0.15) is 12.4 Å². The third-order valence-corrected chi connectivity index (χ3v) is 5.16. The van der Waals surface area contributed by atoms with Crippen molar-refractivity contribution in [3.8, 4) is 16.9 Å². The highest BCUT2D eigenvalue weighted by molar-refractivity contribution is 5.90. The molecule has 0 aliphatic heterocycles. The van der Waals surface area contributed by atoms with Crippen molar-refractivity contribution in [2.24, 2.45) is 0 Å². The van der Waals surface area contributed by atoms with E-state index in [4.69, 9.17) is 9.47 Å². The fourth-order valence-corrected chi connectivity index (χ4v) is 3.27. The lowest BCUT2D eigenvalue weighted by molar-refractivity contribution is -0.143. The van der Waals surface area contributed by atoms with Gasteiger partial charge in [0, 0.05) is 18.9 Å². The van der Waals surface area contributed by atoms with Crippen LogP contribution in [0.1, 0.15) is 12.6 Å². The Labute approximate surface area is 208 Å². The maximum absolute atomic E-state index is 12.3. The first kappa shape index (κ1) is 26.0. The van der Waals surface area contributed by atoms with Crippen molar-refractivity contribution >= 4 is 23.8 Å². The second-order valence-electron chi connectivity index (χ2n) is 7.71. The van der Waals surface area contributed by atoms with Crippen LogP contribution in [0.3, 0.4) is 0 Å². The fraction of sp³-hybridized carbons (Fsp3) is 0.231. The molecule has 0 saturated carbocycles. The predicted molar refractivity (Wildman–Crippen MR) is 134 cm³/mol. The number of carboxylic acids is 1. The molecule has 0 spiro atoms. The molecule has 0 aliphatic rings. The molecule has 10 heteroatoms. The summed E-state index contributed by atoms with van der Waals surface area (Å²) in [6.45, 7) is 1.82. The zero-order valence-electron chi connectivity index (χ0n) is 20.0. The largest absolute Gasteiger partial charge is 0.491 e. The number of urea groups is 1. The number of nitrogens with zero attached hydrogens (tertiary/aromatic N) is 2. The number of pyridine rings is 1. The van der Waals surface area contributed by atoms with Crippen LogP contribution in [0.5, 0.6) is 5.75 Å². The summed E-state index contributed by atoms with van der Waals surface area (Å²) in [6.07, 6.45) is 0.923. The second kappa shape index (κ2) is 12.7. The molecule has 0 saturated heterocycles. The van der Waals surface area contributed by atoms with E-state index in [2.05, 4.69) is 15.6 Å². The minimum atomic E-state index is -1.22. The number of nitrogens with one attached hydrogen (secondary N) is 2. The summed E-state index contributed by atoms with van der Waals surface area (Å²) < 4.78 is 10.6. The van der Waals surface area contributed by atoms with Crippen molar-refractivity contribution in [2.75, 3.05) is 25.6 Å². The van der Waals surface area contributed by atoms with Crippen LogP contribution in [-0.4, -0.2) is 59.4 Å². The Morgan fingerprint density at radius 3 is 2.47 bits per heavy atom. The Hall–Kier alpha value is -4.60. The van der Waals surface area contributed by atoms with E-state index in [-0.39, 0.29) is 19.2 Å². The Balaban J connectivity index is 1.63. The second-order valence-corrected chi connectivity index (χ2v) is 7.71. The summed E-state index contributed by atoms with van der Waals surface area (Å²) in [5.74, 6) is -0.774. The molecule has 36 heavy (non-hydrogen) atoms. The SMILES string of the molecule is CCOC(=O)N(C)C(COc1cccc(-c2cccc(NC(=O)NCc3ccccn3)c2)c1)C(=O)O. The number of ether oxygens (including phenoxy) is 2. The number of carbonyl (C=O) groups is 3. The average molecular weight is 493 g/mol. The number of carbonyl (C=O) groups excluding carboxylic acids is 2. The van der Waals surface area contributed by atoms with E-state index in [1.54, 1.807) is 37.4 Å². The topological polar surface area (TPSA) is 130 Å². The van der Waals surface area contributed by atoms with Crippen LogP contribution in [0.25, 0.3) is 11.1 Å². The summed E-state index contributed by atoms with van der Waals surface area (Å²) >= 11 is 0. The molecule has 10 nitrogen and oxygen atoms in total. The van der Waals surface area contributed by atoms with E-state index >= 15 is 0 Å². The normalized spacial score (nSPS) is 11.2. The van der Waals surface area contributed by atoms with Crippen molar-refractivity contribution in [2.45, 2.75) is 19.5 Å². The molecule has 3 aromatic rings. The number of aromatic nitrogens is 1. The van der Waals surface area contributed by atoms with E-state index < -0.39 is 18.1 Å². The molecule has 0 bridgehead atoms. The van der Waals surface area contributed by atoms with Gasteiger partial charge < -0.3 is 25.2 Å². The first-order chi connectivity index (χ1) is 17.4. The van der Waals surface area contributed by atoms with Crippen LogP contribution in [0.15, 0.2) is 72.9 Å². The fourth-order valence-electron chi connectivity index (χ4n) is 3.27. The van der Waals surface area contributed by atoms with Gasteiger partial charge in [0.2, 0.25) is 0 Å². The van der Waals surface area contributed by atoms with Crippen molar-refractivity contribution in [1.29, 1.82) is 0 Å². The molecular weight excluding hydrogens is 464 g/mol. The maximum Gasteiger partial charge on any atom is 0.410 e. The van der Waals surface area contributed by atoms with Gasteiger partial charge in [0.15, 0.2) is 6.04 Å². The van der Waals surface area contributed by atoms with Crippen molar-refractivity contribution in [3.63, 3.8) is 0 Å². The Kier molecular flexibility index (Phi) is 9.21. The van der Waals surface area contributed by atoms with Crippen LogP contribution >= 0.6 is 0 Å². The predicted octanol–water partition coefficient (Wildman–Crippen LogP) is 3.99. The molecule has 1 atom stereocenters. The number of rotatable bonds is 10. The maximum atomic E-state index is 12.3. The summed E-state index contributed by atoms with van der Waals surface area (Å²) in [4.78, 5) is 41.0. The zero-order valence-corrected chi connectivity index (χ0v) is 20.0. The van der Waals surface area contributed by atoms with Gasteiger partial charge >= 0.3 is 18.1 Å². The quantitative estimate of drug-likeness (QED) is 0.390. The number of carboxylic acid groups (broad SMARTS) is 1. The van der Waals surface area contributed by atoms with Gasteiger partial charge in [0.25, 0.3) is 0 Å². The standard InChI is InChI=1S/C26H28N4O6/c1-3-35-26(34)30(2)23(24(31)32)17-36-22-12-7-9-19(15-22)18-8-6-11-20(14-18)29-25(33)28-16-21-10-4-5-13-27-21/h4-15,23H,3,16-17H2,1-2H3,(H,31,32)(H2,28,29,33). The van der Waals surface area contributed by atoms with Gasteiger partial charge in [-0.2, -0.15) is 0 Å². The van der Waals surface area contributed by atoms with Crippen LogP contribution in [0, 0.1) is 0 Å². The molecule has 1 unspecified atom stereocenters. The number of benzene rings is 2. The van der Waals surface area contributed by atoms with Crippen molar-refractivity contribution in [3.05, 3.63) is 78.6 Å². The third kappa shape index (κ3) is 7.45. The number of amides is 3. The minimum Gasteiger partial charge on any atom is -0.491 e. The molecule has 3 amide bonds. The molecule has 0 fully saturated rings. The molecule has 1 aromatic heterocycles. The molecule has 3 N–H and O–H groups in total. The van der Waals surface area contributed by atoms with Gasteiger partial charge in [0.05, 0.1) is 18.8 Å². The van der Waals surface area contributed by atoms with E-state index in [0.717, 1.165) is 21.7 Å². The van der Waals surface area contributed by atoms with Crippen LogP contribution in [0.2, 0.25) is 0 Å². The number of anilines is 1. The summed E-state index contributed by atoms with van der Waals surface area (Å²) in [6, 6.07) is 18.3. The number of aliphatic carboxylic acids is 1. The molecule has 0 radical (unpaired) electrons. The highest BCUT2D eigenvalue weighted by Crippen LogP contribution is 2.26. The van der Waals surface area contributed by atoms with E-state index in [9.17, 15) is 19.5 Å². The Bertz CT molecular complexity index is 1190. The van der Waals surface area contributed by atoms with Gasteiger partial charge in [-0.25, -0.2) is 14.4 Å². The average Bonchev–Trinajstić information content (AvgIpc) is 2.88. The first-order valence-electron chi connectivity index (χ1n) is 11.3. The van der Waals surface area contributed by atoms with Gasteiger partial charge in [-0.3, -0.25) is 9.88 Å². The number of hydrogen-bond acceptors (Lipinski definition) is 6. The minimum absolute atomic E-state index is 0.137. The summed E-state index contributed by atoms with van der Waals surface area (Å²) in [5, 5.41) is 15.1. The monoisotopic (exact) mass is 492 g/mol. The number of hydrogen-bond donors (Lipinski definition) is 3. The molecule has 3 rings (SSSR count). The molecule has 188 valence electrons. The lowest BCUT2D eigenvalue weighted by Gasteiger charge is -2.24. The molecular formula is C26H28N4O6. The van der Waals surface area contributed by atoms with Crippen LogP contribution in [-0.2, 0) is 16.1 Å². The first-order valence-corrected chi connectivity index (χ1v) is 11.3. The smallest absolute Gasteiger partial charge is 0.410 e. The van der Waals surface area contributed by atoms with E-state index in [1.807, 2.05) is 42.5 Å². The van der Waals surface area contributed by atoms with Gasteiger partial charge in [-0.05, 0) is 54.4 Å². The van der Waals surface area contributed by atoms with Crippen molar-refractivity contribution in [1.82, 2.24) is 15.2 Å². The zero-order chi connectivity index (χ0) is 25.9. The highest BCUT2D eigenvalue weighted by atomic mass is 16.6.